The van der Waals surface area contributed by atoms with Crippen LogP contribution in [0.1, 0.15) is 113 Å². The maximum absolute atomic E-state index is 10.9. The van der Waals surface area contributed by atoms with Crippen molar-refractivity contribution in [3.8, 4) is 0 Å². The highest BCUT2D eigenvalue weighted by Gasteiger charge is 2.63. The lowest BCUT2D eigenvalue weighted by molar-refractivity contribution is -0.0964. The van der Waals surface area contributed by atoms with Gasteiger partial charge in [0.2, 0.25) is 0 Å². The molecule has 4 rings (SSSR count). The number of aliphatic hydroxyl groups is 3. The summed E-state index contributed by atoms with van der Waals surface area (Å²) in [5.41, 5.74) is 3.32. The van der Waals surface area contributed by atoms with Gasteiger partial charge in [-0.15, -0.1) is 0 Å². The summed E-state index contributed by atoms with van der Waals surface area (Å²) in [5, 5.41) is 32.1. The van der Waals surface area contributed by atoms with Crippen molar-refractivity contribution in [2.24, 2.45) is 39.4 Å². The van der Waals surface area contributed by atoms with E-state index in [1.54, 1.807) is 25.0 Å². The lowest BCUT2D eigenvalue weighted by Gasteiger charge is -2.62. The Kier molecular flexibility index (Phi) is 6.84. The Morgan fingerprint density at radius 1 is 0.971 bits per heavy atom. The number of rotatable bonds is 5. The second-order valence-corrected chi connectivity index (χ2v) is 15.6. The van der Waals surface area contributed by atoms with E-state index >= 15 is 0 Å². The molecule has 4 aliphatic carbocycles. The molecule has 2 saturated carbocycles. The fraction of sp³-hybridized carbons (Fsp3) is 0.933. The highest BCUT2D eigenvalue weighted by atomic mass is 79.9. The summed E-state index contributed by atoms with van der Waals surface area (Å²) in [6.07, 6.45) is 9.40. The molecule has 0 spiro atoms. The average molecular weight is 540 g/mol. The summed E-state index contributed by atoms with van der Waals surface area (Å²) in [6.45, 7) is 18.2. The first-order valence-corrected chi connectivity index (χ1v) is 14.9. The number of alkyl halides is 1. The number of fused-ring (bicyclic) bond motifs is 4. The van der Waals surface area contributed by atoms with Crippen molar-refractivity contribution in [1.82, 2.24) is 0 Å². The zero-order chi connectivity index (χ0) is 25.5. The summed E-state index contributed by atoms with van der Waals surface area (Å²) in [7, 11) is 0. The van der Waals surface area contributed by atoms with Crippen molar-refractivity contribution in [1.29, 1.82) is 0 Å². The lowest BCUT2D eigenvalue weighted by atomic mass is 9.43. The summed E-state index contributed by atoms with van der Waals surface area (Å²) in [4.78, 5) is -0.316. The van der Waals surface area contributed by atoms with Crippen molar-refractivity contribution in [2.45, 2.75) is 136 Å². The highest BCUT2D eigenvalue weighted by Crippen LogP contribution is 2.72. The van der Waals surface area contributed by atoms with Crippen LogP contribution in [0.15, 0.2) is 11.1 Å². The smallest absolute Gasteiger partial charge is 0.0741 e. The molecule has 0 heterocycles. The summed E-state index contributed by atoms with van der Waals surface area (Å²) in [5.74, 6) is 1.58. The Bertz CT molecular complexity index is 827. The van der Waals surface area contributed by atoms with E-state index in [4.69, 9.17) is 0 Å². The molecule has 0 radical (unpaired) electrons. The molecule has 0 aromatic rings. The molecule has 4 aliphatic rings. The largest absolute Gasteiger partial charge is 0.393 e. The third kappa shape index (κ3) is 3.82. The van der Waals surface area contributed by atoms with E-state index in [0.717, 1.165) is 19.3 Å². The van der Waals surface area contributed by atoms with Crippen LogP contribution < -0.4 is 0 Å². The van der Waals surface area contributed by atoms with Crippen LogP contribution in [0.3, 0.4) is 0 Å². The van der Waals surface area contributed by atoms with Crippen molar-refractivity contribution in [3.63, 3.8) is 0 Å². The van der Waals surface area contributed by atoms with Gasteiger partial charge in [0.05, 0.1) is 22.6 Å². The molecule has 0 bridgehead atoms. The first-order chi connectivity index (χ1) is 15.5. The summed E-state index contributed by atoms with van der Waals surface area (Å²) in [6, 6.07) is 0. The predicted molar refractivity (Wildman–Crippen MR) is 144 cm³/mol. The van der Waals surface area contributed by atoms with Gasteiger partial charge < -0.3 is 15.3 Å². The monoisotopic (exact) mass is 538 g/mol. The molecular weight excluding hydrogens is 488 g/mol. The third-order valence-corrected chi connectivity index (χ3v) is 13.8. The number of hydrogen-bond donors (Lipinski definition) is 3. The van der Waals surface area contributed by atoms with Gasteiger partial charge in [0.25, 0.3) is 0 Å². The molecule has 9 atom stereocenters. The minimum Gasteiger partial charge on any atom is -0.393 e. The van der Waals surface area contributed by atoms with Crippen molar-refractivity contribution >= 4 is 15.9 Å². The van der Waals surface area contributed by atoms with Crippen LogP contribution >= 0.6 is 15.9 Å². The molecule has 0 amide bonds. The third-order valence-electron chi connectivity index (χ3n) is 12.1. The molecule has 3 N–H and O–H groups in total. The van der Waals surface area contributed by atoms with Crippen molar-refractivity contribution in [2.75, 3.05) is 0 Å². The maximum atomic E-state index is 10.9. The fourth-order valence-corrected chi connectivity index (χ4v) is 9.98. The SMILES string of the molecule is C[C@H](CC(O)C(Br)C(C)(C)O)[C@H]1CC[C@@]2(C)C3=C(CC[C@]12C)[C@@]1(C)CC[C@H](O)C(C)(C)[C@@H]1CC3. The van der Waals surface area contributed by atoms with Gasteiger partial charge in [-0.3, -0.25) is 0 Å². The zero-order valence-electron chi connectivity index (χ0n) is 23.0. The van der Waals surface area contributed by atoms with Gasteiger partial charge in [0, 0.05) is 0 Å². The van der Waals surface area contributed by atoms with Gasteiger partial charge in [-0.2, -0.15) is 0 Å². The van der Waals surface area contributed by atoms with Gasteiger partial charge in [-0.05, 0) is 111 Å². The Balaban J connectivity index is 1.62. The van der Waals surface area contributed by atoms with Crippen molar-refractivity contribution < 1.29 is 15.3 Å². The second-order valence-electron chi connectivity index (χ2n) is 14.6. The molecular formula is C30H51BrO3. The fourth-order valence-electron chi connectivity index (χ4n) is 9.76. The van der Waals surface area contributed by atoms with Gasteiger partial charge in [-0.1, -0.05) is 68.6 Å². The standard InChI is InChI=1S/C30H51BrO3/c1-18(17-22(32)25(31)27(4,5)34)19-11-15-30(8)21-9-10-23-26(2,3)24(33)13-14-28(23,6)20(21)12-16-29(19,30)7/h18-19,22-25,32-34H,9-17H2,1-8H3/t18-,19-,22?,23+,24+,25?,28-,29-,30+/m1/s1. The second kappa shape index (κ2) is 8.57. The molecule has 0 aromatic heterocycles. The first kappa shape index (κ1) is 27.1. The lowest BCUT2D eigenvalue weighted by Crippen LogP contribution is -2.55. The quantitative estimate of drug-likeness (QED) is 0.260. The Morgan fingerprint density at radius 3 is 2.24 bits per heavy atom. The minimum absolute atomic E-state index is 0.0112. The molecule has 3 nitrogen and oxygen atoms in total. The molecule has 196 valence electrons. The van der Waals surface area contributed by atoms with Crippen molar-refractivity contribution in [3.05, 3.63) is 11.1 Å². The van der Waals surface area contributed by atoms with E-state index in [1.807, 2.05) is 0 Å². The Hall–Kier alpha value is 0.100. The Labute approximate surface area is 217 Å². The van der Waals surface area contributed by atoms with Gasteiger partial charge >= 0.3 is 0 Å². The average Bonchev–Trinajstić information content (AvgIpc) is 3.01. The van der Waals surface area contributed by atoms with Gasteiger partial charge in [-0.25, -0.2) is 0 Å². The van der Waals surface area contributed by atoms with Crippen LogP contribution in [0.25, 0.3) is 0 Å². The number of halogens is 1. The van der Waals surface area contributed by atoms with E-state index in [2.05, 4.69) is 57.5 Å². The topological polar surface area (TPSA) is 60.7 Å². The van der Waals surface area contributed by atoms with Crippen LogP contribution in [0.5, 0.6) is 0 Å². The van der Waals surface area contributed by atoms with E-state index in [1.165, 1.54) is 38.5 Å². The molecule has 2 unspecified atom stereocenters. The van der Waals surface area contributed by atoms with Crippen LogP contribution in [-0.4, -0.2) is 38.0 Å². The highest BCUT2D eigenvalue weighted by molar-refractivity contribution is 9.09. The van der Waals surface area contributed by atoms with E-state index in [0.29, 0.717) is 17.8 Å². The predicted octanol–water partition coefficient (Wildman–Crippen LogP) is 7.02. The Morgan fingerprint density at radius 2 is 1.62 bits per heavy atom. The number of aliphatic hydroxyl groups excluding tert-OH is 2. The maximum Gasteiger partial charge on any atom is 0.0741 e. The minimum atomic E-state index is -0.937. The van der Waals surface area contributed by atoms with E-state index < -0.39 is 11.7 Å². The van der Waals surface area contributed by atoms with Crippen LogP contribution in [0.4, 0.5) is 0 Å². The molecule has 34 heavy (non-hydrogen) atoms. The van der Waals surface area contributed by atoms with Gasteiger partial charge in [0.15, 0.2) is 0 Å². The molecule has 2 fully saturated rings. The van der Waals surface area contributed by atoms with Gasteiger partial charge in [0.1, 0.15) is 0 Å². The molecule has 0 aromatic carbocycles. The van der Waals surface area contributed by atoms with E-state index in [-0.39, 0.29) is 32.6 Å². The summed E-state index contributed by atoms with van der Waals surface area (Å²) < 4.78 is 0. The molecule has 4 heteroatoms. The van der Waals surface area contributed by atoms with Crippen LogP contribution in [0, 0.1) is 39.4 Å². The van der Waals surface area contributed by atoms with E-state index in [9.17, 15) is 15.3 Å². The molecule has 0 aliphatic heterocycles. The zero-order valence-corrected chi connectivity index (χ0v) is 24.6. The number of allylic oxidation sites excluding steroid dienone is 2. The normalized spacial score (nSPS) is 44.6. The summed E-state index contributed by atoms with van der Waals surface area (Å²) >= 11 is 3.57. The number of hydrogen-bond acceptors (Lipinski definition) is 3. The van der Waals surface area contributed by atoms with Crippen LogP contribution in [0.2, 0.25) is 0 Å². The van der Waals surface area contributed by atoms with Crippen LogP contribution in [-0.2, 0) is 0 Å². The first-order valence-electron chi connectivity index (χ1n) is 14.0. The molecule has 0 saturated heterocycles.